The lowest BCUT2D eigenvalue weighted by Gasteiger charge is -2.09. The molecule has 0 atom stereocenters. The van der Waals surface area contributed by atoms with Gasteiger partial charge in [0, 0.05) is 16.3 Å². The Balaban J connectivity index is 2.23. The van der Waals surface area contributed by atoms with Gasteiger partial charge in [-0.2, -0.15) is 5.10 Å². The number of carboxylic acid groups (broad SMARTS) is 1. The Morgan fingerprint density at radius 2 is 2.05 bits per heavy atom. The largest absolute Gasteiger partial charge is 0.476 e. The number of hydrogen-bond donors (Lipinski definition) is 1. The first-order chi connectivity index (χ1) is 10.1. The van der Waals surface area contributed by atoms with Crippen molar-refractivity contribution in [3.63, 3.8) is 0 Å². The first kappa shape index (κ1) is 14.1. The molecule has 1 aromatic heterocycles. The van der Waals surface area contributed by atoms with Crippen LogP contribution in [0.3, 0.4) is 0 Å². The van der Waals surface area contributed by atoms with Crippen LogP contribution >= 0.6 is 11.6 Å². The minimum Gasteiger partial charge on any atom is -0.476 e. The number of carbonyl (C=O) groups is 1. The van der Waals surface area contributed by atoms with Crippen molar-refractivity contribution in [3.8, 4) is 5.69 Å². The van der Waals surface area contributed by atoms with Crippen molar-refractivity contribution >= 4 is 17.6 Å². The first-order valence-corrected chi connectivity index (χ1v) is 7.25. The molecule has 1 aromatic carbocycles. The molecule has 0 saturated heterocycles. The monoisotopic (exact) mass is 308 g/mol. The van der Waals surface area contributed by atoms with Gasteiger partial charge in [-0.1, -0.05) is 18.0 Å². The van der Waals surface area contributed by atoms with Gasteiger partial charge < -0.3 is 5.11 Å². The summed E-state index contributed by atoms with van der Waals surface area (Å²) in [7, 11) is 0. The smallest absolute Gasteiger partial charge is 0.356 e. The number of aromatic nitrogens is 2. The lowest BCUT2D eigenvalue weighted by molar-refractivity contribution is 0.0688. The fourth-order valence-electron chi connectivity index (χ4n) is 2.79. The molecule has 0 radical (unpaired) electrons. The van der Waals surface area contributed by atoms with Crippen LogP contribution in [0.5, 0.6) is 0 Å². The van der Waals surface area contributed by atoms with E-state index >= 15 is 0 Å². The fourth-order valence-corrected chi connectivity index (χ4v) is 2.96. The van der Waals surface area contributed by atoms with Crippen LogP contribution in [0.2, 0.25) is 5.02 Å². The molecule has 0 fully saturated rings. The molecule has 0 saturated carbocycles. The molecule has 1 heterocycles. The van der Waals surface area contributed by atoms with E-state index < -0.39 is 11.8 Å². The summed E-state index contributed by atoms with van der Waals surface area (Å²) in [6, 6.07) is 4.20. The molecule has 2 aromatic rings. The van der Waals surface area contributed by atoms with Crippen molar-refractivity contribution in [2.45, 2.75) is 32.1 Å². The lowest BCUT2D eigenvalue weighted by atomic mass is 10.1. The third kappa shape index (κ3) is 2.53. The molecular formula is C15H14ClFN2O2. The van der Waals surface area contributed by atoms with Crippen LogP contribution in [0.1, 0.15) is 41.0 Å². The van der Waals surface area contributed by atoms with Gasteiger partial charge in [0.2, 0.25) is 0 Å². The highest BCUT2D eigenvalue weighted by Gasteiger charge is 2.25. The topological polar surface area (TPSA) is 55.1 Å². The summed E-state index contributed by atoms with van der Waals surface area (Å²) in [6.07, 6.45) is 4.27. The van der Waals surface area contributed by atoms with Crippen LogP contribution in [0.25, 0.3) is 5.69 Å². The highest BCUT2D eigenvalue weighted by atomic mass is 35.5. The van der Waals surface area contributed by atoms with Crippen molar-refractivity contribution in [1.82, 2.24) is 9.78 Å². The van der Waals surface area contributed by atoms with Gasteiger partial charge in [0.05, 0.1) is 0 Å². The van der Waals surface area contributed by atoms with E-state index in [4.69, 9.17) is 11.6 Å². The second kappa shape index (κ2) is 5.48. The Hall–Kier alpha value is -1.88. The SMILES string of the molecule is O=C(O)c1nn(-c2cc(Cl)ccc2F)c2c1CCCCC2. The van der Waals surface area contributed by atoms with Gasteiger partial charge in [0.25, 0.3) is 0 Å². The number of rotatable bonds is 2. The molecular weight excluding hydrogens is 295 g/mol. The standard InChI is InChI=1S/C15H14ClFN2O2/c16-9-6-7-11(17)13(8-9)19-12-5-3-1-2-4-10(12)14(18-19)15(20)21/h6-8H,1-5H2,(H,20,21). The van der Waals surface area contributed by atoms with Crippen molar-refractivity contribution in [2.24, 2.45) is 0 Å². The quantitative estimate of drug-likeness (QED) is 0.862. The number of benzene rings is 1. The Morgan fingerprint density at radius 3 is 2.81 bits per heavy atom. The average Bonchev–Trinajstić information content (AvgIpc) is 2.64. The molecule has 4 nitrogen and oxygen atoms in total. The Kier molecular flexibility index (Phi) is 3.68. The van der Waals surface area contributed by atoms with E-state index in [1.165, 1.54) is 22.9 Å². The third-order valence-electron chi connectivity index (χ3n) is 3.77. The molecule has 0 spiro atoms. The van der Waals surface area contributed by atoms with Crippen LogP contribution in [-0.2, 0) is 12.8 Å². The molecule has 21 heavy (non-hydrogen) atoms. The number of carboxylic acids is 1. The number of fused-ring (bicyclic) bond motifs is 1. The zero-order chi connectivity index (χ0) is 15.0. The molecule has 3 rings (SSSR count). The second-order valence-electron chi connectivity index (χ2n) is 5.15. The summed E-state index contributed by atoms with van der Waals surface area (Å²) in [5.41, 5.74) is 1.73. The van der Waals surface area contributed by atoms with Gasteiger partial charge in [0.1, 0.15) is 11.5 Å². The maximum Gasteiger partial charge on any atom is 0.356 e. The molecule has 1 N–H and O–H groups in total. The molecule has 0 unspecified atom stereocenters. The van der Waals surface area contributed by atoms with Crippen molar-refractivity contribution in [1.29, 1.82) is 0 Å². The maximum atomic E-state index is 14.1. The summed E-state index contributed by atoms with van der Waals surface area (Å²) >= 11 is 5.93. The molecule has 6 heteroatoms. The summed E-state index contributed by atoms with van der Waals surface area (Å²) < 4.78 is 15.5. The van der Waals surface area contributed by atoms with Crippen LogP contribution in [-0.4, -0.2) is 20.9 Å². The summed E-state index contributed by atoms with van der Waals surface area (Å²) in [5, 5.41) is 13.8. The first-order valence-electron chi connectivity index (χ1n) is 6.87. The minimum atomic E-state index is -1.07. The normalized spacial score (nSPS) is 14.6. The van der Waals surface area contributed by atoms with Crippen molar-refractivity contribution in [3.05, 3.63) is 46.0 Å². The van der Waals surface area contributed by atoms with Crippen molar-refractivity contribution in [2.75, 3.05) is 0 Å². The maximum absolute atomic E-state index is 14.1. The highest BCUT2D eigenvalue weighted by Crippen LogP contribution is 2.28. The predicted molar refractivity (Wildman–Crippen MR) is 76.8 cm³/mol. The Morgan fingerprint density at radius 1 is 1.29 bits per heavy atom. The summed E-state index contributed by atoms with van der Waals surface area (Å²) in [5.74, 6) is -1.54. The Labute approximate surface area is 126 Å². The van der Waals surface area contributed by atoms with Gasteiger partial charge in [-0.25, -0.2) is 13.9 Å². The van der Waals surface area contributed by atoms with Crippen LogP contribution in [0.4, 0.5) is 4.39 Å². The minimum absolute atomic E-state index is 0.0197. The van der Waals surface area contributed by atoms with E-state index in [1.807, 2.05) is 0 Å². The van der Waals surface area contributed by atoms with Gasteiger partial charge in [0.15, 0.2) is 5.69 Å². The molecule has 0 amide bonds. The van der Waals surface area contributed by atoms with Gasteiger partial charge in [-0.05, 0) is 43.9 Å². The van der Waals surface area contributed by atoms with E-state index in [0.29, 0.717) is 17.9 Å². The van der Waals surface area contributed by atoms with Crippen LogP contribution in [0.15, 0.2) is 18.2 Å². The van der Waals surface area contributed by atoms with E-state index in [-0.39, 0.29) is 11.4 Å². The predicted octanol–water partition coefficient (Wildman–Crippen LogP) is 3.63. The molecule has 110 valence electrons. The molecule has 0 bridgehead atoms. The van der Waals surface area contributed by atoms with Gasteiger partial charge >= 0.3 is 5.97 Å². The molecule has 0 aliphatic heterocycles. The number of halogens is 2. The summed E-state index contributed by atoms with van der Waals surface area (Å²) in [6.45, 7) is 0. The van der Waals surface area contributed by atoms with Crippen LogP contribution < -0.4 is 0 Å². The highest BCUT2D eigenvalue weighted by molar-refractivity contribution is 6.30. The van der Waals surface area contributed by atoms with Crippen molar-refractivity contribution < 1.29 is 14.3 Å². The number of nitrogens with zero attached hydrogens (tertiary/aromatic N) is 2. The van der Waals surface area contributed by atoms with Gasteiger partial charge in [-0.15, -0.1) is 0 Å². The average molecular weight is 309 g/mol. The zero-order valence-corrected chi connectivity index (χ0v) is 12.0. The third-order valence-corrected chi connectivity index (χ3v) is 4.00. The second-order valence-corrected chi connectivity index (χ2v) is 5.58. The van der Waals surface area contributed by atoms with E-state index in [0.717, 1.165) is 30.5 Å². The van der Waals surface area contributed by atoms with E-state index in [1.54, 1.807) is 0 Å². The lowest BCUT2D eigenvalue weighted by Crippen LogP contribution is -2.06. The van der Waals surface area contributed by atoms with E-state index in [9.17, 15) is 14.3 Å². The zero-order valence-electron chi connectivity index (χ0n) is 11.3. The number of hydrogen-bond acceptors (Lipinski definition) is 2. The number of aromatic carboxylic acids is 1. The molecule has 1 aliphatic rings. The van der Waals surface area contributed by atoms with Gasteiger partial charge in [-0.3, -0.25) is 0 Å². The molecule has 1 aliphatic carbocycles. The van der Waals surface area contributed by atoms with E-state index in [2.05, 4.69) is 5.10 Å². The fraction of sp³-hybridized carbons (Fsp3) is 0.333. The summed E-state index contributed by atoms with van der Waals surface area (Å²) in [4.78, 5) is 11.4. The Bertz CT molecular complexity index is 712. The van der Waals surface area contributed by atoms with Crippen LogP contribution in [0, 0.1) is 5.82 Å².